The van der Waals surface area contributed by atoms with E-state index in [0.29, 0.717) is 43.3 Å². The fraction of sp³-hybridized carbons (Fsp3) is 0.424. The van der Waals surface area contributed by atoms with Gasteiger partial charge in [0.1, 0.15) is 18.1 Å². The van der Waals surface area contributed by atoms with Crippen molar-refractivity contribution in [1.82, 2.24) is 10.2 Å². The highest BCUT2D eigenvalue weighted by Gasteiger charge is 2.55. The minimum Gasteiger partial charge on any atom is -0.492 e. The van der Waals surface area contributed by atoms with Crippen molar-refractivity contribution in [3.8, 4) is 11.5 Å². The smallest absolute Gasteiger partial charge is 0.416 e. The number of nitrogens with one attached hydrogen (secondary N) is 1. The fourth-order valence-electron chi connectivity index (χ4n) is 5.73. The number of fused-ring (bicyclic) bond motifs is 1. The van der Waals surface area contributed by atoms with Gasteiger partial charge in [-0.05, 0) is 78.4 Å². The van der Waals surface area contributed by atoms with Gasteiger partial charge in [-0.3, -0.25) is 4.90 Å². The molecule has 1 aliphatic heterocycles. The Morgan fingerprint density at radius 2 is 1.36 bits per heavy atom. The SMILES string of the molecule is CCOC(=O)[C@H](Cc1ccc(OCCNC2C3CN(Cc4ccc(C(F)(F)F)cc4)C[C@@H]32)cc1)Oc1ccc(C(F)(F)F)cc1. The topological polar surface area (TPSA) is 60.0 Å². The first-order chi connectivity index (χ1) is 21.4. The van der Waals surface area contributed by atoms with Crippen molar-refractivity contribution in [2.75, 3.05) is 32.8 Å². The highest BCUT2D eigenvalue weighted by Crippen LogP contribution is 2.45. The summed E-state index contributed by atoms with van der Waals surface area (Å²) in [6.07, 6.45) is -9.68. The molecule has 1 saturated carbocycles. The second-order valence-corrected chi connectivity index (χ2v) is 11.3. The van der Waals surface area contributed by atoms with E-state index < -0.39 is 35.6 Å². The Kier molecular flexibility index (Phi) is 9.93. The molecule has 1 heterocycles. The minimum absolute atomic E-state index is 0.125. The molecule has 0 spiro atoms. The maximum Gasteiger partial charge on any atom is 0.416 e. The maximum absolute atomic E-state index is 12.9. The van der Waals surface area contributed by atoms with Crippen LogP contribution in [0.25, 0.3) is 0 Å². The normalized spacial score (nSPS) is 20.4. The standard InChI is InChI=1S/C33H34F6N2O4/c1-2-43-31(42)29(45-26-13-9-24(10-14-26)33(37,38)39)17-21-5-11-25(12-6-21)44-16-15-40-30-27-19-41(20-28(27)30)18-22-3-7-23(8-4-22)32(34,35)36/h3-14,27-30,40H,2,15-20H2,1H3/t27-,28?,29-,30?/m0/s1. The molecule has 3 aromatic rings. The van der Waals surface area contributed by atoms with Crippen LogP contribution in [0.2, 0.25) is 0 Å². The summed E-state index contributed by atoms with van der Waals surface area (Å²) in [6.45, 7) is 5.35. The molecular weight excluding hydrogens is 602 g/mol. The van der Waals surface area contributed by atoms with Crippen molar-refractivity contribution in [3.63, 3.8) is 0 Å². The number of esters is 1. The zero-order valence-electron chi connectivity index (χ0n) is 24.5. The number of benzene rings is 3. The Hall–Kier alpha value is -3.77. The van der Waals surface area contributed by atoms with Gasteiger partial charge < -0.3 is 19.5 Å². The quantitative estimate of drug-likeness (QED) is 0.134. The van der Waals surface area contributed by atoms with Crippen LogP contribution in [0.4, 0.5) is 26.3 Å². The van der Waals surface area contributed by atoms with Gasteiger partial charge in [-0.25, -0.2) is 4.79 Å². The third-order valence-electron chi connectivity index (χ3n) is 8.06. The van der Waals surface area contributed by atoms with Crippen LogP contribution in [-0.2, 0) is 34.8 Å². The summed E-state index contributed by atoms with van der Waals surface area (Å²) in [5.41, 5.74) is 0.188. The molecule has 45 heavy (non-hydrogen) atoms. The molecule has 2 fully saturated rings. The number of nitrogens with zero attached hydrogens (tertiary/aromatic N) is 1. The lowest BCUT2D eigenvalue weighted by atomic mass is 10.1. The van der Waals surface area contributed by atoms with Gasteiger partial charge in [0.25, 0.3) is 0 Å². The van der Waals surface area contributed by atoms with Gasteiger partial charge >= 0.3 is 18.3 Å². The van der Waals surface area contributed by atoms with Crippen molar-refractivity contribution < 1.29 is 45.3 Å². The zero-order valence-corrected chi connectivity index (χ0v) is 24.5. The molecule has 1 N–H and O–H groups in total. The summed E-state index contributed by atoms with van der Waals surface area (Å²) in [4.78, 5) is 14.8. The summed E-state index contributed by atoms with van der Waals surface area (Å²) >= 11 is 0. The molecule has 0 radical (unpaired) electrons. The van der Waals surface area contributed by atoms with Gasteiger partial charge in [0.2, 0.25) is 0 Å². The lowest BCUT2D eigenvalue weighted by Crippen LogP contribution is -2.33. The van der Waals surface area contributed by atoms with E-state index in [-0.39, 0.29) is 18.8 Å². The lowest BCUT2D eigenvalue weighted by molar-refractivity contribution is -0.151. The van der Waals surface area contributed by atoms with Gasteiger partial charge in [0, 0.05) is 38.6 Å². The molecule has 2 unspecified atom stereocenters. The zero-order chi connectivity index (χ0) is 32.2. The average Bonchev–Trinajstić information content (AvgIpc) is 3.44. The van der Waals surface area contributed by atoms with E-state index in [0.717, 1.165) is 48.5 Å². The Labute approximate surface area is 257 Å². The van der Waals surface area contributed by atoms with Crippen molar-refractivity contribution in [2.45, 2.75) is 44.4 Å². The van der Waals surface area contributed by atoms with Crippen molar-refractivity contribution in [3.05, 3.63) is 95.1 Å². The minimum atomic E-state index is -4.47. The van der Waals surface area contributed by atoms with Gasteiger partial charge in [-0.15, -0.1) is 0 Å². The summed E-state index contributed by atoms with van der Waals surface area (Å²) in [5.74, 6) is 1.21. The predicted octanol–water partition coefficient (Wildman–Crippen LogP) is 6.38. The van der Waals surface area contributed by atoms with E-state index in [4.69, 9.17) is 14.2 Å². The third kappa shape index (κ3) is 8.70. The first-order valence-electron chi connectivity index (χ1n) is 14.7. The lowest BCUT2D eigenvalue weighted by Gasteiger charge is -2.20. The Bertz CT molecular complexity index is 1400. The molecule has 0 bridgehead atoms. The number of likely N-dealkylation sites (tertiary alicyclic amines) is 1. The maximum atomic E-state index is 12.9. The van der Waals surface area contributed by atoms with Gasteiger partial charge in [-0.1, -0.05) is 24.3 Å². The van der Waals surface area contributed by atoms with Crippen molar-refractivity contribution in [2.24, 2.45) is 11.8 Å². The van der Waals surface area contributed by atoms with Crippen LogP contribution in [0.1, 0.15) is 29.2 Å². The molecule has 5 rings (SSSR count). The molecule has 1 aliphatic carbocycles. The van der Waals surface area contributed by atoms with E-state index in [9.17, 15) is 31.1 Å². The van der Waals surface area contributed by atoms with Crippen LogP contribution in [0.3, 0.4) is 0 Å². The number of alkyl halides is 6. The second kappa shape index (κ2) is 13.7. The Morgan fingerprint density at radius 3 is 1.91 bits per heavy atom. The first kappa shape index (κ1) is 32.6. The molecule has 3 aromatic carbocycles. The van der Waals surface area contributed by atoms with E-state index in [1.165, 1.54) is 12.1 Å². The second-order valence-electron chi connectivity index (χ2n) is 11.3. The van der Waals surface area contributed by atoms with E-state index >= 15 is 0 Å². The summed E-state index contributed by atoms with van der Waals surface area (Å²) in [6, 6.07) is 17.0. The Morgan fingerprint density at radius 1 is 0.822 bits per heavy atom. The molecule has 4 atom stereocenters. The van der Waals surface area contributed by atoms with Crippen LogP contribution in [0.5, 0.6) is 11.5 Å². The number of carbonyl (C=O) groups is 1. The van der Waals surface area contributed by atoms with Gasteiger partial charge in [-0.2, -0.15) is 26.3 Å². The van der Waals surface area contributed by atoms with Crippen LogP contribution < -0.4 is 14.8 Å². The highest BCUT2D eigenvalue weighted by atomic mass is 19.4. The molecule has 242 valence electrons. The Balaban J connectivity index is 1.02. The van der Waals surface area contributed by atoms with Crippen molar-refractivity contribution >= 4 is 5.97 Å². The number of piperidine rings is 1. The molecule has 0 amide bonds. The number of carbonyl (C=O) groups excluding carboxylic acids is 1. The number of ether oxygens (including phenoxy) is 3. The highest BCUT2D eigenvalue weighted by molar-refractivity contribution is 5.75. The summed E-state index contributed by atoms with van der Waals surface area (Å²) in [7, 11) is 0. The van der Waals surface area contributed by atoms with Crippen LogP contribution in [-0.4, -0.2) is 55.9 Å². The van der Waals surface area contributed by atoms with E-state index in [2.05, 4.69) is 10.2 Å². The molecule has 1 saturated heterocycles. The van der Waals surface area contributed by atoms with Crippen LogP contribution in [0.15, 0.2) is 72.8 Å². The monoisotopic (exact) mass is 636 g/mol. The van der Waals surface area contributed by atoms with Crippen molar-refractivity contribution in [1.29, 1.82) is 0 Å². The van der Waals surface area contributed by atoms with Gasteiger partial charge in [0.15, 0.2) is 6.10 Å². The number of hydrogen-bond acceptors (Lipinski definition) is 6. The molecule has 6 nitrogen and oxygen atoms in total. The van der Waals surface area contributed by atoms with E-state index in [1.807, 2.05) is 0 Å². The van der Waals surface area contributed by atoms with Crippen LogP contribution >= 0.6 is 0 Å². The predicted molar refractivity (Wildman–Crippen MR) is 154 cm³/mol. The largest absolute Gasteiger partial charge is 0.492 e. The first-order valence-corrected chi connectivity index (χ1v) is 14.7. The molecule has 2 aliphatic rings. The molecule has 12 heteroatoms. The summed E-state index contributed by atoms with van der Waals surface area (Å²) in [5, 5.41) is 3.53. The van der Waals surface area contributed by atoms with Gasteiger partial charge in [0.05, 0.1) is 17.7 Å². The molecule has 0 aromatic heterocycles. The number of hydrogen-bond donors (Lipinski definition) is 1. The number of halogens is 6. The van der Waals surface area contributed by atoms with E-state index in [1.54, 1.807) is 43.3 Å². The number of rotatable bonds is 13. The molecular formula is C33H34F6N2O4. The van der Waals surface area contributed by atoms with Crippen LogP contribution in [0, 0.1) is 11.8 Å². The fourth-order valence-corrected chi connectivity index (χ4v) is 5.73. The summed E-state index contributed by atoms with van der Waals surface area (Å²) < 4.78 is 93.6. The average molecular weight is 637 g/mol. The third-order valence-corrected chi connectivity index (χ3v) is 8.06.